The molecule has 0 bridgehead atoms. The molecule has 32 heavy (non-hydrogen) atoms. The van der Waals surface area contributed by atoms with Crippen molar-refractivity contribution < 1.29 is 4.79 Å². The fourth-order valence-corrected chi connectivity index (χ4v) is 4.91. The molecule has 164 valence electrons. The second-order valence-electron chi connectivity index (χ2n) is 7.52. The molecule has 0 radical (unpaired) electrons. The minimum absolute atomic E-state index is 0.0945. The Balaban J connectivity index is 1.58. The molecule has 6 nitrogen and oxygen atoms in total. The number of aromatic nitrogens is 2. The molecule has 0 aliphatic heterocycles. The zero-order chi connectivity index (χ0) is 22.7. The van der Waals surface area contributed by atoms with E-state index in [1.54, 1.807) is 0 Å². The molecule has 0 atom stereocenters. The van der Waals surface area contributed by atoms with E-state index in [0.717, 1.165) is 34.8 Å². The molecule has 0 saturated heterocycles. The highest BCUT2D eigenvalue weighted by Crippen LogP contribution is 2.35. The standard InChI is InChI=1S/C25H26N4O2S/c1-4-28(5-2)20-13-11-19(12-14-20)27-21(30)15-29-16-26-24-23(25(29)31)22(17(3)32-24)18-9-7-6-8-10-18/h6-14,16H,4-5,15H2,1-3H3,(H,27,30). The van der Waals surface area contributed by atoms with E-state index < -0.39 is 0 Å². The van der Waals surface area contributed by atoms with Crippen molar-refractivity contribution in [2.24, 2.45) is 0 Å². The van der Waals surface area contributed by atoms with E-state index in [-0.39, 0.29) is 18.0 Å². The molecule has 1 N–H and O–H groups in total. The fourth-order valence-electron chi connectivity index (χ4n) is 3.90. The topological polar surface area (TPSA) is 67.2 Å². The van der Waals surface area contributed by atoms with Gasteiger partial charge in [-0.3, -0.25) is 14.2 Å². The fraction of sp³-hybridized carbons (Fsp3) is 0.240. The Morgan fingerprint density at radius 1 is 1.06 bits per heavy atom. The predicted molar refractivity (Wildman–Crippen MR) is 133 cm³/mol. The number of amides is 1. The van der Waals surface area contributed by atoms with Gasteiger partial charge in [0.25, 0.3) is 5.56 Å². The Kier molecular flexibility index (Phi) is 6.37. The van der Waals surface area contributed by atoms with Crippen LogP contribution >= 0.6 is 11.3 Å². The smallest absolute Gasteiger partial charge is 0.263 e. The van der Waals surface area contributed by atoms with E-state index in [1.807, 2.05) is 61.5 Å². The van der Waals surface area contributed by atoms with Gasteiger partial charge in [0.1, 0.15) is 11.4 Å². The first-order chi connectivity index (χ1) is 15.5. The van der Waals surface area contributed by atoms with E-state index in [4.69, 9.17) is 0 Å². The number of carbonyl (C=O) groups is 1. The summed E-state index contributed by atoms with van der Waals surface area (Å²) >= 11 is 1.50. The third-order valence-electron chi connectivity index (χ3n) is 5.51. The summed E-state index contributed by atoms with van der Waals surface area (Å²) in [4.78, 5) is 34.3. The summed E-state index contributed by atoms with van der Waals surface area (Å²) in [6, 6.07) is 17.6. The zero-order valence-corrected chi connectivity index (χ0v) is 19.3. The number of thiophene rings is 1. The van der Waals surface area contributed by atoms with Crippen LogP contribution in [0, 0.1) is 6.92 Å². The van der Waals surface area contributed by atoms with Crippen LogP contribution in [0.15, 0.2) is 65.7 Å². The summed E-state index contributed by atoms with van der Waals surface area (Å²) < 4.78 is 1.38. The highest BCUT2D eigenvalue weighted by Gasteiger charge is 2.17. The molecule has 7 heteroatoms. The Morgan fingerprint density at radius 3 is 2.41 bits per heavy atom. The van der Waals surface area contributed by atoms with Crippen LogP contribution in [0.25, 0.3) is 21.3 Å². The molecule has 0 unspecified atom stereocenters. The van der Waals surface area contributed by atoms with Crippen LogP contribution in [0.4, 0.5) is 11.4 Å². The van der Waals surface area contributed by atoms with Crippen molar-refractivity contribution in [1.82, 2.24) is 9.55 Å². The minimum Gasteiger partial charge on any atom is -0.372 e. The summed E-state index contributed by atoms with van der Waals surface area (Å²) in [6.07, 6.45) is 1.46. The lowest BCUT2D eigenvalue weighted by Crippen LogP contribution is -2.27. The number of benzene rings is 2. The monoisotopic (exact) mass is 446 g/mol. The summed E-state index contributed by atoms with van der Waals surface area (Å²) in [6.45, 7) is 7.97. The van der Waals surface area contributed by atoms with Crippen LogP contribution in [0.5, 0.6) is 0 Å². The third-order valence-corrected chi connectivity index (χ3v) is 6.52. The lowest BCUT2D eigenvalue weighted by atomic mass is 10.0. The molecule has 0 saturated carbocycles. The van der Waals surface area contributed by atoms with Gasteiger partial charge in [-0.25, -0.2) is 4.98 Å². The number of hydrogen-bond donors (Lipinski definition) is 1. The molecule has 4 rings (SSSR count). The Hall–Kier alpha value is -3.45. The van der Waals surface area contributed by atoms with Crippen molar-refractivity contribution in [3.63, 3.8) is 0 Å². The summed E-state index contributed by atoms with van der Waals surface area (Å²) in [5, 5.41) is 3.44. The zero-order valence-electron chi connectivity index (χ0n) is 18.5. The van der Waals surface area contributed by atoms with Crippen molar-refractivity contribution in [2.75, 3.05) is 23.3 Å². The molecule has 2 aromatic heterocycles. The van der Waals surface area contributed by atoms with E-state index in [1.165, 1.54) is 22.2 Å². The van der Waals surface area contributed by atoms with Crippen LogP contribution in [0.2, 0.25) is 0 Å². The Labute approximate surface area is 191 Å². The van der Waals surface area contributed by atoms with Crippen molar-refractivity contribution in [3.8, 4) is 11.1 Å². The minimum atomic E-state index is -0.267. The van der Waals surface area contributed by atoms with Crippen molar-refractivity contribution in [1.29, 1.82) is 0 Å². The van der Waals surface area contributed by atoms with Gasteiger partial charge in [-0.1, -0.05) is 30.3 Å². The van der Waals surface area contributed by atoms with Crippen LogP contribution in [0.1, 0.15) is 18.7 Å². The van der Waals surface area contributed by atoms with Gasteiger partial charge in [0.2, 0.25) is 5.91 Å². The maximum atomic E-state index is 13.3. The summed E-state index contributed by atoms with van der Waals surface area (Å²) in [5.74, 6) is -0.267. The lowest BCUT2D eigenvalue weighted by molar-refractivity contribution is -0.116. The second-order valence-corrected chi connectivity index (χ2v) is 8.73. The molecule has 2 aromatic carbocycles. The summed E-state index contributed by atoms with van der Waals surface area (Å²) in [7, 11) is 0. The van der Waals surface area contributed by atoms with Crippen molar-refractivity contribution in [2.45, 2.75) is 27.3 Å². The number of nitrogens with zero attached hydrogens (tertiary/aromatic N) is 3. The van der Waals surface area contributed by atoms with Crippen LogP contribution in [-0.2, 0) is 11.3 Å². The molecule has 0 aliphatic carbocycles. The van der Waals surface area contributed by atoms with E-state index >= 15 is 0 Å². The molecule has 4 aromatic rings. The summed E-state index contributed by atoms with van der Waals surface area (Å²) in [5.41, 5.74) is 3.48. The number of aryl methyl sites for hydroxylation is 1. The number of fused-ring (bicyclic) bond motifs is 1. The van der Waals surface area contributed by atoms with Gasteiger partial charge >= 0.3 is 0 Å². The molecule has 0 fully saturated rings. The van der Waals surface area contributed by atoms with E-state index in [9.17, 15) is 9.59 Å². The maximum Gasteiger partial charge on any atom is 0.263 e. The van der Waals surface area contributed by atoms with E-state index in [2.05, 4.69) is 29.0 Å². The molecule has 1 amide bonds. The highest BCUT2D eigenvalue weighted by atomic mass is 32.1. The first kappa shape index (κ1) is 21.8. The van der Waals surface area contributed by atoms with Gasteiger partial charge in [0, 0.05) is 34.9 Å². The molecule has 0 aliphatic rings. The van der Waals surface area contributed by atoms with Gasteiger partial charge in [0.15, 0.2) is 0 Å². The van der Waals surface area contributed by atoms with Crippen LogP contribution in [0.3, 0.4) is 0 Å². The van der Waals surface area contributed by atoms with Crippen molar-refractivity contribution in [3.05, 3.63) is 76.2 Å². The van der Waals surface area contributed by atoms with Crippen molar-refractivity contribution >= 4 is 38.8 Å². The number of rotatable bonds is 7. The number of carbonyl (C=O) groups excluding carboxylic acids is 1. The Bertz CT molecular complexity index is 1290. The Morgan fingerprint density at radius 2 is 1.75 bits per heavy atom. The molecule has 0 spiro atoms. The highest BCUT2D eigenvalue weighted by molar-refractivity contribution is 7.19. The lowest BCUT2D eigenvalue weighted by Gasteiger charge is -2.21. The van der Waals surface area contributed by atoms with Gasteiger partial charge in [0.05, 0.1) is 11.7 Å². The normalized spacial score (nSPS) is 11.0. The van der Waals surface area contributed by atoms with Gasteiger partial charge < -0.3 is 10.2 Å². The second kappa shape index (κ2) is 9.36. The van der Waals surface area contributed by atoms with Crippen LogP contribution < -0.4 is 15.8 Å². The number of nitrogens with one attached hydrogen (secondary N) is 1. The molecular weight excluding hydrogens is 420 g/mol. The number of hydrogen-bond acceptors (Lipinski definition) is 5. The molecular formula is C25H26N4O2S. The first-order valence-electron chi connectivity index (χ1n) is 10.7. The number of anilines is 2. The largest absolute Gasteiger partial charge is 0.372 e. The van der Waals surface area contributed by atoms with Gasteiger partial charge in [-0.05, 0) is 50.6 Å². The predicted octanol–water partition coefficient (Wildman–Crippen LogP) is 4.92. The van der Waals surface area contributed by atoms with Crippen LogP contribution in [-0.4, -0.2) is 28.5 Å². The quantitative estimate of drug-likeness (QED) is 0.438. The molecule has 2 heterocycles. The SMILES string of the molecule is CCN(CC)c1ccc(NC(=O)Cn2cnc3sc(C)c(-c4ccccc4)c3c2=O)cc1. The van der Waals surface area contributed by atoms with E-state index in [0.29, 0.717) is 15.9 Å². The third kappa shape index (κ3) is 4.29. The van der Waals surface area contributed by atoms with Gasteiger partial charge in [-0.15, -0.1) is 11.3 Å². The first-order valence-corrected chi connectivity index (χ1v) is 11.5. The maximum absolute atomic E-state index is 13.3. The average Bonchev–Trinajstić information content (AvgIpc) is 3.15. The average molecular weight is 447 g/mol. The van der Waals surface area contributed by atoms with Gasteiger partial charge in [-0.2, -0.15) is 0 Å².